The molecule has 1 N–H and O–H groups in total. The van der Waals surface area contributed by atoms with Gasteiger partial charge in [0, 0.05) is 30.2 Å². The Labute approximate surface area is 139 Å². The quantitative estimate of drug-likeness (QED) is 0.841. The summed E-state index contributed by atoms with van der Waals surface area (Å²) < 4.78 is 10.6. The number of hydrogen-bond donors (Lipinski definition) is 1. The van der Waals surface area contributed by atoms with Crippen LogP contribution in [0.25, 0.3) is 11.4 Å². The summed E-state index contributed by atoms with van der Waals surface area (Å²) in [5, 5.41) is 7.42. The van der Waals surface area contributed by atoms with E-state index in [4.69, 9.17) is 20.9 Å². The molecule has 1 aromatic heterocycles. The Kier molecular flexibility index (Phi) is 4.93. The van der Waals surface area contributed by atoms with Crippen molar-refractivity contribution in [3.05, 3.63) is 35.2 Å². The first-order valence-corrected chi connectivity index (χ1v) is 8.03. The fraction of sp³-hybridized carbons (Fsp3) is 0.438. The summed E-state index contributed by atoms with van der Waals surface area (Å²) in [4.78, 5) is 16.2. The highest BCUT2D eigenvalue weighted by molar-refractivity contribution is 6.30. The van der Waals surface area contributed by atoms with Crippen molar-refractivity contribution >= 4 is 17.5 Å². The molecule has 0 saturated heterocycles. The molecule has 0 radical (unpaired) electrons. The van der Waals surface area contributed by atoms with Crippen molar-refractivity contribution in [1.29, 1.82) is 0 Å². The van der Waals surface area contributed by atoms with E-state index in [0.29, 0.717) is 36.3 Å². The summed E-state index contributed by atoms with van der Waals surface area (Å²) in [5.74, 6) is 0.988. The van der Waals surface area contributed by atoms with Crippen molar-refractivity contribution in [3.8, 4) is 11.4 Å². The summed E-state index contributed by atoms with van der Waals surface area (Å²) in [6.45, 7) is 3.04. The summed E-state index contributed by atoms with van der Waals surface area (Å²) in [6, 6.07) is 7.26. The Hall–Kier alpha value is -1.92. The fourth-order valence-corrected chi connectivity index (χ4v) is 2.56. The summed E-state index contributed by atoms with van der Waals surface area (Å²) in [6.07, 6.45) is 1.38. The van der Waals surface area contributed by atoms with Gasteiger partial charge in [-0.05, 0) is 25.5 Å². The highest BCUT2D eigenvalue weighted by Gasteiger charge is 2.43. The van der Waals surface area contributed by atoms with E-state index in [2.05, 4.69) is 15.5 Å². The number of benzene rings is 1. The molecule has 1 amide bonds. The van der Waals surface area contributed by atoms with Gasteiger partial charge in [0.05, 0.1) is 12.0 Å². The largest absolute Gasteiger partial charge is 0.378 e. The SMILES string of the molecule is CCOC1CC1C(=O)NCCc1nc(-c2cccc(Cl)c2)no1. The van der Waals surface area contributed by atoms with Gasteiger partial charge >= 0.3 is 0 Å². The summed E-state index contributed by atoms with van der Waals surface area (Å²) in [7, 11) is 0. The molecule has 2 atom stereocenters. The van der Waals surface area contributed by atoms with Crippen molar-refractivity contribution in [2.45, 2.75) is 25.9 Å². The summed E-state index contributed by atoms with van der Waals surface area (Å²) >= 11 is 5.95. The standard InChI is InChI=1S/C16H18ClN3O3/c1-2-22-13-9-12(13)16(21)18-7-6-14-19-15(20-23-14)10-4-3-5-11(17)8-10/h3-5,8,12-13H,2,6-7,9H2,1H3,(H,18,21). The van der Waals surface area contributed by atoms with Gasteiger partial charge in [-0.15, -0.1) is 0 Å². The number of ether oxygens (including phenoxy) is 1. The Morgan fingerprint density at radius 1 is 1.52 bits per heavy atom. The van der Waals surface area contributed by atoms with Crippen LogP contribution in [0.3, 0.4) is 0 Å². The van der Waals surface area contributed by atoms with E-state index < -0.39 is 0 Å². The lowest BCUT2D eigenvalue weighted by molar-refractivity contribution is -0.123. The maximum atomic E-state index is 11.9. The minimum Gasteiger partial charge on any atom is -0.378 e. The van der Waals surface area contributed by atoms with E-state index in [1.165, 1.54) is 0 Å². The van der Waals surface area contributed by atoms with E-state index in [-0.39, 0.29) is 17.9 Å². The number of nitrogens with zero attached hydrogens (tertiary/aromatic N) is 2. The molecule has 0 bridgehead atoms. The molecular weight excluding hydrogens is 318 g/mol. The molecule has 0 aliphatic heterocycles. The van der Waals surface area contributed by atoms with Crippen LogP contribution in [0.2, 0.25) is 5.02 Å². The van der Waals surface area contributed by atoms with Gasteiger partial charge in [0.25, 0.3) is 0 Å². The van der Waals surface area contributed by atoms with Gasteiger partial charge in [-0.1, -0.05) is 28.9 Å². The second-order valence-corrected chi connectivity index (χ2v) is 5.84. The smallest absolute Gasteiger partial charge is 0.228 e. The first-order valence-electron chi connectivity index (χ1n) is 7.65. The van der Waals surface area contributed by atoms with Crippen LogP contribution in [0.1, 0.15) is 19.2 Å². The normalized spacial score (nSPS) is 19.6. The maximum Gasteiger partial charge on any atom is 0.228 e. The van der Waals surface area contributed by atoms with E-state index in [1.54, 1.807) is 12.1 Å². The lowest BCUT2D eigenvalue weighted by atomic mass is 10.2. The average molecular weight is 336 g/mol. The molecule has 23 heavy (non-hydrogen) atoms. The second-order valence-electron chi connectivity index (χ2n) is 5.40. The molecule has 3 rings (SSSR count). The molecule has 2 unspecified atom stereocenters. The predicted octanol–water partition coefficient (Wildman–Crippen LogP) is 2.47. The van der Waals surface area contributed by atoms with Gasteiger partial charge < -0.3 is 14.6 Å². The molecular formula is C16H18ClN3O3. The second kappa shape index (κ2) is 7.10. The number of carbonyl (C=O) groups is 1. The molecule has 2 aromatic rings. The number of hydrogen-bond acceptors (Lipinski definition) is 5. The van der Waals surface area contributed by atoms with Crippen LogP contribution in [-0.2, 0) is 16.0 Å². The number of carbonyl (C=O) groups excluding carboxylic acids is 1. The number of aromatic nitrogens is 2. The van der Waals surface area contributed by atoms with Crippen LogP contribution in [0.5, 0.6) is 0 Å². The topological polar surface area (TPSA) is 77.2 Å². The first-order chi connectivity index (χ1) is 11.2. The van der Waals surface area contributed by atoms with Gasteiger partial charge in [-0.2, -0.15) is 4.98 Å². The van der Waals surface area contributed by atoms with Gasteiger partial charge in [0.2, 0.25) is 17.6 Å². The van der Waals surface area contributed by atoms with Crippen LogP contribution in [0, 0.1) is 5.92 Å². The molecule has 6 nitrogen and oxygen atoms in total. The zero-order valence-corrected chi connectivity index (χ0v) is 13.5. The third-order valence-electron chi connectivity index (χ3n) is 3.64. The van der Waals surface area contributed by atoms with Crippen molar-refractivity contribution in [1.82, 2.24) is 15.5 Å². The van der Waals surface area contributed by atoms with Gasteiger partial charge in [-0.25, -0.2) is 0 Å². The lowest BCUT2D eigenvalue weighted by Crippen LogP contribution is -2.28. The van der Waals surface area contributed by atoms with Crippen LogP contribution in [0.4, 0.5) is 0 Å². The van der Waals surface area contributed by atoms with Gasteiger partial charge in [-0.3, -0.25) is 4.79 Å². The molecule has 1 fully saturated rings. The van der Waals surface area contributed by atoms with E-state index in [1.807, 2.05) is 19.1 Å². The van der Waals surface area contributed by atoms with E-state index >= 15 is 0 Å². The Morgan fingerprint density at radius 3 is 3.17 bits per heavy atom. The maximum absolute atomic E-state index is 11.9. The van der Waals surface area contributed by atoms with Crippen molar-refractivity contribution in [2.75, 3.05) is 13.2 Å². The summed E-state index contributed by atoms with van der Waals surface area (Å²) in [5.41, 5.74) is 0.800. The minimum absolute atomic E-state index is 0.0142. The number of rotatable bonds is 7. The molecule has 1 aliphatic rings. The van der Waals surface area contributed by atoms with Gasteiger partial charge in [0.1, 0.15) is 0 Å². The number of halogens is 1. The number of nitrogens with one attached hydrogen (secondary N) is 1. The van der Waals surface area contributed by atoms with Crippen LogP contribution in [0.15, 0.2) is 28.8 Å². The highest BCUT2D eigenvalue weighted by Crippen LogP contribution is 2.33. The lowest BCUT2D eigenvalue weighted by Gasteiger charge is -2.02. The molecule has 0 spiro atoms. The van der Waals surface area contributed by atoms with Crippen LogP contribution < -0.4 is 5.32 Å². The average Bonchev–Trinajstić information content (AvgIpc) is 3.15. The molecule has 1 aliphatic carbocycles. The number of amides is 1. The van der Waals surface area contributed by atoms with E-state index in [0.717, 1.165) is 12.0 Å². The Bertz CT molecular complexity index is 689. The fourth-order valence-electron chi connectivity index (χ4n) is 2.37. The molecule has 1 heterocycles. The van der Waals surface area contributed by atoms with Crippen molar-refractivity contribution in [2.24, 2.45) is 5.92 Å². The van der Waals surface area contributed by atoms with Crippen molar-refractivity contribution in [3.63, 3.8) is 0 Å². The van der Waals surface area contributed by atoms with Crippen molar-refractivity contribution < 1.29 is 14.1 Å². The molecule has 7 heteroatoms. The van der Waals surface area contributed by atoms with E-state index in [9.17, 15) is 4.79 Å². The highest BCUT2D eigenvalue weighted by atomic mass is 35.5. The van der Waals surface area contributed by atoms with Crippen LogP contribution >= 0.6 is 11.6 Å². The minimum atomic E-state index is -0.0142. The van der Waals surface area contributed by atoms with Crippen LogP contribution in [-0.4, -0.2) is 35.3 Å². The molecule has 1 aromatic carbocycles. The zero-order chi connectivity index (χ0) is 16.2. The third kappa shape index (κ3) is 4.09. The monoisotopic (exact) mass is 335 g/mol. The molecule has 122 valence electrons. The Balaban J connectivity index is 1.47. The zero-order valence-electron chi connectivity index (χ0n) is 12.8. The predicted molar refractivity (Wildman–Crippen MR) is 85.0 cm³/mol. The first kappa shape index (κ1) is 16.0. The Morgan fingerprint density at radius 2 is 2.39 bits per heavy atom. The van der Waals surface area contributed by atoms with Gasteiger partial charge in [0.15, 0.2) is 0 Å². The molecule has 1 saturated carbocycles. The third-order valence-corrected chi connectivity index (χ3v) is 3.87.